The van der Waals surface area contributed by atoms with E-state index in [2.05, 4.69) is 0 Å². The number of nitro groups is 1. The van der Waals surface area contributed by atoms with Gasteiger partial charge in [-0.15, -0.1) is 0 Å². The van der Waals surface area contributed by atoms with Crippen molar-refractivity contribution >= 4 is 41.0 Å². The normalized spacial score (nSPS) is 24.1. The molecule has 0 aromatic heterocycles. The van der Waals surface area contributed by atoms with Crippen LogP contribution in [0.15, 0.2) is 18.2 Å². The molecule has 27 heavy (non-hydrogen) atoms. The Morgan fingerprint density at radius 1 is 1.19 bits per heavy atom. The van der Waals surface area contributed by atoms with Gasteiger partial charge in [-0.25, -0.2) is 4.79 Å². The number of benzene rings is 1. The first-order valence-electron chi connectivity index (χ1n) is 8.51. The molecule has 10 heteroatoms. The Labute approximate surface area is 159 Å². The van der Waals surface area contributed by atoms with E-state index in [0.29, 0.717) is 17.9 Å². The molecule has 2 fully saturated rings. The number of hydrogen-bond donors (Lipinski definition) is 0. The fourth-order valence-electron chi connectivity index (χ4n) is 4.35. The standard InChI is InChI=1S/C17H18N4O5S/c1-18-14(22)17(15(23)19(2)16(18)24)8-10-7-11(21(25)26)3-4-12(10)20-5-6-27-9-13(17)20/h3-4,7,13H,5-6,8-9H2,1-2H3/t13-/m0/s1. The predicted octanol–water partition coefficient (Wildman–Crippen LogP) is 1.11. The van der Waals surface area contributed by atoms with Crippen molar-refractivity contribution in [3.8, 4) is 0 Å². The van der Waals surface area contributed by atoms with Gasteiger partial charge in [-0.3, -0.25) is 29.5 Å². The van der Waals surface area contributed by atoms with Crippen LogP contribution in [0.25, 0.3) is 0 Å². The molecule has 1 aromatic carbocycles. The number of thioether (sulfide) groups is 1. The molecule has 1 atom stereocenters. The lowest BCUT2D eigenvalue weighted by Crippen LogP contribution is -2.72. The third-order valence-electron chi connectivity index (χ3n) is 5.70. The molecule has 3 aliphatic rings. The summed E-state index contributed by atoms with van der Waals surface area (Å²) in [6, 6.07) is 3.52. The number of imide groups is 2. The van der Waals surface area contributed by atoms with Gasteiger partial charge in [-0.1, -0.05) is 0 Å². The van der Waals surface area contributed by atoms with Gasteiger partial charge in [0.2, 0.25) is 11.8 Å². The third-order valence-corrected chi connectivity index (χ3v) is 6.72. The number of carbonyl (C=O) groups excluding carboxylic acids is 3. The molecule has 2 saturated heterocycles. The van der Waals surface area contributed by atoms with Crippen molar-refractivity contribution in [2.24, 2.45) is 5.41 Å². The molecule has 9 nitrogen and oxygen atoms in total. The Bertz CT molecular complexity index is 864. The third kappa shape index (κ3) is 2.29. The van der Waals surface area contributed by atoms with Crippen LogP contribution in [-0.2, 0) is 16.0 Å². The summed E-state index contributed by atoms with van der Waals surface area (Å²) < 4.78 is 0. The first-order valence-corrected chi connectivity index (χ1v) is 9.66. The number of hydrogen-bond acceptors (Lipinski definition) is 7. The zero-order chi connectivity index (χ0) is 19.5. The SMILES string of the molecule is CN1C(=O)N(C)C(=O)C2(Cc3cc([N+](=O)[O-])ccc3N3CCSC[C@H]32)C1=O. The average Bonchev–Trinajstić information content (AvgIpc) is 2.68. The molecule has 0 bridgehead atoms. The van der Waals surface area contributed by atoms with Crippen LogP contribution in [0.3, 0.4) is 0 Å². The fraction of sp³-hybridized carbons (Fsp3) is 0.471. The van der Waals surface area contributed by atoms with E-state index < -0.39 is 34.2 Å². The number of carbonyl (C=O) groups is 3. The number of fused-ring (bicyclic) bond motifs is 4. The number of amides is 4. The van der Waals surface area contributed by atoms with Gasteiger partial charge >= 0.3 is 6.03 Å². The topological polar surface area (TPSA) is 104 Å². The molecule has 4 rings (SSSR count). The summed E-state index contributed by atoms with van der Waals surface area (Å²) in [6.45, 7) is 0.629. The highest BCUT2D eigenvalue weighted by molar-refractivity contribution is 7.99. The minimum Gasteiger partial charge on any atom is -0.365 e. The second kappa shape index (κ2) is 5.95. The van der Waals surface area contributed by atoms with Crippen LogP contribution in [0.4, 0.5) is 16.2 Å². The largest absolute Gasteiger partial charge is 0.365 e. The van der Waals surface area contributed by atoms with Gasteiger partial charge < -0.3 is 4.90 Å². The number of rotatable bonds is 1. The second-order valence-corrected chi connectivity index (χ2v) is 8.16. The van der Waals surface area contributed by atoms with Gasteiger partial charge in [-0.2, -0.15) is 11.8 Å². The van der Waals surface area contributed by atoms with Crippen LogP contribution in [-0.4, -0.2) is 70.8 Å². The lowest BCUT2D eigenvalue weighted by atomic mass is 9.68. The van der Waals surface area contributed by atoms with Gasteiger partial charge in [0.1, 0.15) is 0 Å². The van der Waals surface area contributed by atoms with Crippen molar-refractivity contribution in [3.63, 3.8) is 0 Å². The molecule has 0 N–H and O–H groups in total. The van der Waals surface area contributed by atoms with E-state index in [-0.39, 0.29) is 12.1 Å². The molecule has 1 spiro atoms. The monoisotopic (exact) mass is 390 g/mol. The number of urea groups is 1. The van der Waals surface area contributed by atoms with Gasteiger partial charge in [-0.05, 0) is 11.6 Å². The van der Waals surface area contributed by atoms with E-state index in [1.807, 2.05) is 4.90 Å². The Balaban J connectivity index is 1.92. The van der Waals surface area contributed by atoms with Crippen LogP contribution in [0.5, 0.6) is 0 Å². The van der Waals surface area contributed by atoms with Gasteiger partial charge in [0, 0.05) is 56.4 Å². The maximum atomic E-state index is 13.2. The smallest absolute Gasteiger partial charge is 0.332 e. The molecule has 0 unspecified atom stereocenters. The summed E-state index contributed by atoms with van der Waals surface area (Å²) in [5, 5.41) is 11.2. The maximum Gasteiger partial charge on any atom is 0.332 e. The molecule has 3 aliphatic heterocycles. The highest BCUT2D eigenvalue weighted by Gasteiger charge is 2.63. The van der Waals surface area contributed by atoms with E-state index in [9.17, 15) is 24.5 Å². The molecular weight excluding hydrogens is 372 g/mol. The molecular formula is C17H18N4O5S. The maximum absolute atomic E-state index is 13.2. The highest BCUT2D eigenvalue weighted by atomic mass is 32.2. The second-order valence-electron chi connectivity index (χ2n) is 7.01. The molecule has 3 heterocycles. The van der Waals surface area contributed by atoms with Crippen LogP contribution in [0.2, 0.25) is 0 Å². The summed E-state index contributed by atoms with van der Waals surface area (Å²) in [5.41, 5.74) is -0.126. The number of nitrogens with zero attached hydrogens (tertiary/aromatic N) is 4. The van der Waals surface area contributed by atoms with Crippen molar-refractivity contribution in [2.45, 2.75) is 12.5 Å². The fourth-order valence-corrected chi connectivity index (χ4v) is 5.53. The summed E-state index contributed by atoms with van der Waals surface area (Å²) in [4.78, 5) is 53.4. The van der Waals surface area contributed by atoms with Crippen molar-refractivity contribution in [1.82, 2.24) is 9.80 Å². The van der Waals surface area contributed by atoms with E-state index in [1.165, 1.54) is 26.2 Å². The first-order chi connectivity index (χ1) is 12.8. The Hall–Kier alpha value is -2.62. The van der Waals surface area contributed by atoms with Crippen molar-refractivity contribution in [2.75, 3.05) is 37.0 Å². The van der Waals surface area contributed by atoms with E-state index in [4.69, 9.17) is 0 Å². The van der Waals surface area contributed by atoms with Gasteiger partial charge in [0.15, 0.2) is 5.41 Å². The lowest BCUT2D eigenvalue weighted by molar-refractivity contribution is -0.384. The average molecular weight is 390 g/mol. The van der Waals surface area contributed by atoms with Crippen LogP contribution >= 0.6 is 11.8 Å². The predicted molar refractivity (Wildman–Crippen MR) is 98.6 cm³/mol. The highest BCUT2D eigenvalue weighted by Crippen LogP contribution is 2.48. The van der Waals surface area contributed by atoms with Crippen molar-refractivity contribution < 1.29 is 19.3 Å². The summed E-state index contributed by atoms with van der Waals surface area (Å²) in [7, 11) is 2.75. The van der Waals surface area contributed by atoms with Gasteiger partial charge in [0.25, 0.3) is 5.69 Å². The van der Waals surface area contributed by atoms with Crippen LogP contribution < -0.4 is 4.90 Å². The summed E-state index contributed by atoms with van der Waals surface area (Å²) in [6.07, 6.45) is 0.0470. The lowest BCUT2D eigenvalue weighted by Gasteiger charge is -2.54. The van der Waals surface area contributed by atoms with E-state index in [1.54, 1.807) is 17.8 Å². The molecule has 0 aliphatic carbocycles. The van der Waals surface area contributed by atoms with E-state index >= 15 is 0 Å². The van der Waals surface area contributed by atoms with Crippen molar-refractivity contribution in [1.29, 1.82) is 0 Å². The minimum atomic E-state index is -1.45. The summed E-state index contributed by atoms with van der Waals surface area (Å²) >= 11 is 1.66. The van der Waals surface area contributed by atoms with E-state index in [0.717, 1.165) is 21.2 Å². The summed E-state index contributed by atoms with van der Waals surface area (Å²) in [5.74, 6) is 0.329. The van der Waals surface area contributed by atoms with Crippen LogP contribution in [0, 0.1) is 15.5 Å². The molecule has 0 radical (unpaired) electrons. The Morgan fingerprint density at radius 2 is 1.85 bits per heavy atom. The minimum absolute atomic E-state index is 0.0470. The van der Waals surface area contributed by atoms with Crippen molar-refractivity contribution in [3.05, 3.63) is 33.9 Å². The van der Waals surface area contributed by atoms with Crippen LogP contribution in [0.1, 0.15) is 5.56 Å². The quantitative estimate of drug-likeness (QED) is 0.402. The molecule has 4 amide bonds. The molecule has 0 saturated carbocycles. The number of nitro benzene ring substituents is 1. The number of barbiturate groups is 1. The molecule has 1 aromatic rings. The first kappa shape index (κ1) is 17.8. The zero-order valence-electron chi connectivity index (χ0n) is 14.9. The van der Waals surface area contributed by atoms with Gasteiger partial charge in [0.05, 0.1) is 11.0 Å². The Morgan fingerprint density at radius 3 is 2.48 bits per heavy atom. The Kier molecular flexibility index (Phi) is 3.91. The zero-order valence-corrected chi connectivity index (χ0v) is 15.7. The number of anilines is 1. The number of non-ortho nitro benzene ring substituents is 1. The molecule has 142 valence electrons.